The van der Waals surface area contributed by atoms with E-state index in [2.05, 4.69) is 66.1 Å². The average molecular weight is 587 g/mol. The van der Waals surface area contributed by atoms with Gasteiger partial charge >= 0.3 is 0 Å². The number of likely N-dealkylation sites (tertiary alicyclic amines) is 1. The smallest absolute Gasteiger partial charge is 0.234 e. The predicted octanol–water partition coefficient (Wildman–Crippen LogP) is 5.94. The number of pyridine rings is 1. The summed E-state index contributed by atoms with van der Waals surface area (Å²) in [5, 5.41) is 12.5. The molecule has 1 N–H and O–H groups in total. The van der Waals surface area contributed by atoms with Crippen LogP contribution in [-0.4, -0.2) is 55.1 Å². The minimum atomic E-state index is -0.444. The van der Waals surface area contributed by atoms with Gasteiger partial charge in [-0.3, -0.25) is 9.88 Å². The Balaban J connectivity index is 1.12. The number of nitrogens with one attached hydrogen (secondary N) is 1. The molecule has 2 aromatic carbocycles. The highest BCUT2D eigenvalue weighted by Gasteiger charge is 2.27. The van der Waals surface area contributed by atoms with E-state index in [0.717, 1.165) is 61.4 Å². The molecular formula is C34H31FN8O. The lowest BCUT2D eigenvalue weighted by atomic mass is 10.0. The third-order valence-corrected chi connectivity index (χ3v) is 8.22. The molecule has 2 aliphatic heterocycles. The summed E-state index contributed by atoms with van der Waals surface area (Å²) >= 11 is 0. The van der Waals surface area contributed by atoms with E-state index in [-0.39, 0.29) is 5.82 Å². The van der Waals surface area contributed by atoms with E-state index in [1.54, 1.807) is 18.5 Å². The topological polar surface area (TPSA) is 105 Å². The number of nitrogens with zero attached hydrogens (tertiary/aromatic N) is 7. The first kappa shape index (κ1) is 27.7. The SMILES string of the molecule is N#Cc1nccc(NC2CCN(Cc3ccc(-c4nc5n(c4-c4ccccc4)CCCOc4cncc(F)c4-5)cc3)CC2)n1. The van der Waals surface area contributed by atoms with Crippen molar-refractivity contribution < 1.29 is 9.13 Å². The number of rotatable bonds is 6. The summed E-state index contributed by atoms with van der Waals surface area (Å²) in [4.78, 5) is 19.7. The van der Waals surface area contributed by atoms with Gasteiger partial charge in [0.1, 0.15) is 17.7 Å². The number of aromatic nitrogens is 5. The zero-order chi connectivity index (χ0) is 29.9. The van der Waals surface area contributed by atoms with Gasteiger partial charge in [0.15, 0.2) is 11.6 Å². The van der Waals surface area contributed by atoms with Gasteiger partial charge in [0.25, 0.3) is 0 Å². The van der Waals surface area contributed by atoms with Gasteiger partial charge in [-0.05, 0) is 30.9 Å². The summed E-state index contributed by atoms with van der Waals surface area (Å²) in [6.45, 7) is 3.91. The van der Waals surface area contributed by atoms with Crippen molar-refractivity contribution >= 4 is 5.82 Å². The van der Waals surface area contributed by atoms with E-state index < -0.39 is 5.82 Å². The third kappa shape index (κ3) is 5.62. The molecule has 10 heteroatoms. The highest BCUT2D eigenvalue weighted by molar-refractivity contribution is 5.83. The van der Waals surface area contributed by atoms with Crippen LogP contribution in [0.4, 0.5) is 10.2 Å². The largest absolute Gasteiger partial charge is 0.491 e. The van der Waals surface area contributed by atoms with Gasteiger partial charge in [0, 0.05) is 49.5 Å². The molecule has 1 fully saturated rings. The maximum Gasteiger partial charge on any atom is 0.234 e. The number of fused-ring (bicyclic) bond motifs is 3. The van der Waals surface area contributed by atoms with Gasteiger partial charge in [0.2, 0.25) is 5.82 Å². The normalized spacial score (nSPS) is 15.3. The van der Waals surface area contributed by atoms with Gasteiger partial charge in [-0.25, -0.2) is 19.3 Å². The molecule has 5 aromatic rings. The summed E-state index contributed by atoms with van der Waals surface area (Å²) in [6, 6.07) is 22.9. The monoisotopic (exact) mass is 586 g/mol. The highest BCUT2D eigenvalue weighted by atomic mass is 19.1. The number of benzene rings is 2. The van der Waals surface area contributed by atoms with Crippen molar-refractivity contribution in [3.63, 3.8) is 0 Å². The molecular weight excluding hydrogens is 555 g/mol. The fraction of sp³-hybridized carbons (Fsp3) is 0.265. The Bertz CT molecular complexity index is 1810. The number of nitriles is 1. The van der Waals surface area contributed by atoms with Crippen molar-refractivity contribution in [1.29, 1.82) is 5.26 Å². The first-order valence-electron chi connectivity index (χ1n) is 14.9. The molecule has 0 radical (unpaired) electrons. The molecule has 3 aromatic heterocycles. The summed E-state index contributed by atoms with van der Waals surface area (Å²) in [5.74, 6) is 1.40. The van der Waals surface area contributed by atoms with Gasteiger partial charge in [-0.15, -0.1) is 0 Å². The van der Waals surface area contributed by atoms with E-state index in [0.29, 0.717) is 42.1 Å². The molecule has 0 saturated carbocycles. The molecule has 0 atom stereocenters. The molecule has 0 spiro atoms. The fourth-order valence-electron chi connectivity index (χ4n) is 6.06. The summed E-state index contributed by atoms with van der Waals surface area (Å²) in [6.07, 6.45) is 7.14. The van der Waals surface area contributed by atoms with Crippen molar-refractivity contribution in [3.05, 3.63) is 96.5 Å². The third-order valence-electron chi connectivity index (χ3n) is 8.22. The van der Waals surface area contributed by atoms with Crippen molar-refractivity contribution in [2.75, 3.05) is 25.0 Å². The van der Waals surface area contributed by atoms with Crippen LogP contribution in [0.5, 0.6) is 5.75 Å². The molecule has 220 valence electrons. The number of piperidine rings is 1. The lowest BCUT2D eigenvalue weighted by Crippen LogP contribution is -2.38. The zero-order valence-corrected chi connectivity index (χ0v) is 24.2. The second kappa shape index (κ2) is 12.2. The molecule has 7 rings (SSSR count). The van der Waals surface area contributed by atoms with Crippen LogP contribution in [0.3, 0.4) is 0 Å². The van der Waals surface area contributed by atoms with Crippen LogP contribution in [0.1, 0.15) is 30.7 Å². The predicted molar refractivity (Wildman–Crippen MR) is 165 cm³/mol. The maximum atomic E-state index is 15.2. The Morgan fingerprint density at radius 3 is 2.57 bits per heavy atom. The van der Waals surface area contributed by atoms with Crippen LogP contribution in [-0.2, 0) is 13.1 Å². The average Bonchev–Trinajstić information content (AvgIpc) is 3.41. The number of imidazole rings is 1. The Hall–Kier alpha value is -5.14. The number of anilines is 1. The van der Waals surface area contributed by atoms with Crippen LogP contribution < -0.4 is 10.1 Å². The molecule has 0 unspecified atom stereocenters. The van der Waals surface area contributed by atoms with E-state index in [1.807, 2.05) is 24.3 Å². The summed E-state index contributed by atoms with van der Waals surface area (Å²) in [5.41, 5.74) is 5.38. The Morgan fingerprint density at radius 1 is 0.955 bits per heavy atom. The maximum absolute atomic E-state index is 15.2. The Kier molecular flexibility index (Phi) is 7.69. The highest BCUT2D eigenvalue weighted by Crippen LogP contribution is 2.40. The van der Waals surface area contributed by atoms with E-state index in [4.69, 9.17) is 15.0 Å². The molecule has 9 nitrogen and oxygen atoms in total. The molecule has 1 saturated heterocycles. The molecule has 44 heavy (non-hydrogen) atoms. The number of halogens is 1. The van der Waals surface area contributed by atoms with Crippen molar-refractivity contribution in [3.8, 4) is 45.7 Å². The van der Waals surface area contributed by atoms with Gasteiger partial charge in [-0.1, -0.05) is 54.6 Å². The van der Waals surface area contributed by atoms with Crippen molar-refractivity contribution in [1.82, 2.24) is 29.4 Å². The molecule has 5 heterocycles. The zero-order valence-electron chi connectivity index (χ0n) is 24.2. The summed E-state index contributed by atoms with van der Waals surface area (Å²) < 4.78 is 23.2. The molecule has 0 bridgehead atoms. The van der Waals surface area contributed by atoms with Crippen LogP contribution in [0.15, 0.2) is 79.3 Å². The lowest BCUT2D eigenvalue weighted by molar-refractivity contribution is 0.211. The summed E-state index contributed by atoms with van der Waals surface area (Å²) in [7, 11) is 0. The Morgan fingerprint density at radius 2 is 1.77 bits per heavy atom. The van der Waals surface area contributed by atoms with Crippen LogP contribution in [0, 0.1) is 17.1 Å². The van der Waals surface area contributed by atoms with Crippen LogP contribution in [0.25, 0.3) is 33.9 Å². The van der Waals surface area contributed by atoms with E-state index in [9.17, 15) is 0 Å². The van der Waals surface area contributed by atoms with E-state index >= 15 is 4.39 Å². The number of ether oxygens (including phenoxy) is 1. The minimum absolute atomic E-state index is 0.178. The molecule has 2 aliphatic rings. The van der Waals surface area contributed by atoms with Crippen LogP contribution >= 0.6 is 0 Å². The van der Waals surface area contributed by atoms with Crippen molar-refractivity contribution in [2.45, 2.75) is 38.4 Å². The first-order valence-corrected chi connectivity index (χ1v) is 14.9. The molecule has 0 aliphatic carbocycles. The fourth-order valence-corrected chi connectivity index (χ4v) is 6.06. The van der Waals surface area contributed by atoms with E-state index in [1.165, 1.54) is 11.8 Å². The minimum Gasteiger partial charge on any atom is -0.491 e. The molecule has 0 amide bonds. The van der Waals surface area contributed by atoms with Gasteiger partial charge < -0.3 is 14.6 Å². The van der Waals surface area contributed by atoms with Crippen LogP contribution in [0.2, 0.25) is 0 Å². The quantitative estimate of drug-likeness (QED) is 0.261. The first-order chi connectivity index (χ1) is 21.7. The van der Waals surface area contributed by atoms with Gasteiger partial charge in [-0.2, -0.15) is 5.26 Å². The lowest BCUT2D eigenvalue weighted by Gasteiger charge is -2.32. The number of hydrogen-bond donors (Lipinski definition) is 1. The second-order valence-electron chi connectivity index (χ2n) is 11.1. The Labute approximate surface area is 255 Å². The van der Waals surface area contributed by atoms with Gasteiger partial charge in [0.05, 0.1) is 36.0 Å². The standard InChI is InChI=1S/C34H31FN8O/c35-27-20-37-21-28-31(27)34-41-32(33(25-5-2-1-3-6-25)43(34)15-4-18-44-28)24-9-7-23(8-10-24)22-42-16-12-26(13-17-42)39-29-11-14-38-30(19-36)40-29/h1-3,5-11,14,20-21,26H,4,12-13,15-18,22H2,(H,38,39,40). The second-order valence-corrected chi connectivity index (χ2v) is 11.1. The van der Waals surface area contributed by atoms with Crippen molar-refractivity contribution in [2.24, 2.45) is 0 Å². The number of hydrogen-bond acceptors (Lipinski definition) is 8.